The molecule has 0 amide bonds. The second-order valence-corrected chi connectivity index (χ2v) is 13.4. The highest BCUT2D eigenvalue weighted by atomic mass is 15.2. The standard InChI is InChI=1S/C48H39BN4/c1-5-18-34(19-6-2)52(35-20-12-9-13-21-35)44-28-26-40-47-38(44)30-32-50(47)42(7-3)46-43(8-4)51-33-31-39-45(29-27-41(48(39)51)49(40)46)53(36-22-14-10-15-23-36)37-24-16-11-17-25-37/h5-33H,1,3H2,2,4H3/b19-6-,34-18+,43-8+. The average Bonchev–Trinajstić information content (AvgIpc) is 3.85. The minimum absolute atomic E-state index is 0.0119. The summed E-state index contributed by atoms with van der Waals surface area (Å²) < 4.78 is 4.73. The van der Waals surface area contributed by atoms with Crippen molar-refractivity contribution in [3.63, 3.8) is 0 Å². The molecule has 2 aliphatic rings. The number of allylic oxidation sites excluding steroid dienone is 9. The Bertz CT molecular complexity index is 2630. The molecule has 0 bridgehead atoms. The smallest absolute Gasteiger partial charge is 0.252 e. The van der Waals surface area contributed by atoms with E-state index < -0.39 is 0 Å². The van der Waals surface area contributed by atoms with Gasteiger partial charge in [-0.3, -0.25) is 0 Å². The number of aromatic nitrogens is 2. The van der Waals surface area contributed by atoms with Gasteiger partial charge < -0.3 is 18.9 Å². The van der Waals surface area contributed by atoms with E-state index in [1.54, 1.807) is 0 Å². The molecule has 9 rings (SSSR count). The molecular formula is C48H39BN4. The molecule has 2 aliphatic heterocycles. The van der Waals surface area contributed by atoms with E-state index in [-0.39, 0.29) is 6.71 Å². The van der Waals surface area contributed by atoms with Crippen LogP contribution in [-0.4, -0.2) is 15.8 Å². The highest BCUT2D eigenvalue weighted by molar-refractivity contribution is 6.97. The van der Waals surface area contributed by atoms with Crippen molar-refractivity contribution in [2.24, 2.45) is 0 Å². The van der Waals surface area contributed by atoms with Crippen LogP contribution >= 0.6 is 0 Å². The SMILES string of the molecule is C=C/C=C(\C=C/C)N(c1ccccc1)c1ccc2c3c1ccn3C(C=C)=C1B2c2ccc(N(c3ccccc3)c3ccccc3)c3ccn(c23)/C1=C/C. The predicted octanol–water partition coefficient (Wildman–Crippen LogP) is 11.3. The lowest BCUT2D eigenvalue weighted by molar-refractivity contribution is 1.13. The molecule has 0 fully saturated rings. The van der Waals surface area contributed by atoms with E-state index in [9.17, 15) is 0 Å². The van der Waals surface area contributed by atoms with Gasteiger partial charge in [-0.15, -0.1) is 0 Å². The van der Waals surface area contributed by atoms with Crippen molar-refractivity contribution < 1.29 is 0 Å². The molecule has 4 heterocycles. The molecule has 5 heteroatoms. The van der Waals surface area contributed by atoms with Crippen molar-refractivity contribution in [3.8, 4) is 0 Å². The van der Waals surface area contributed by atoms with Gasteiger partial charge in [0.25, 0.3) is 6.71 Å². The van der Waals surface area contributed by atoms with Gasteiger partial charge in [-0.25, -0.2) is 0 Å². The first-order valence-electron chi connectivity index (χ1n) is 18.2. The van der Waals surface area contributed by atoms with Crippen LogP contribution in [0.2, 0.25) is 0 Å². The van der Waals surface area contributed by atoms with Crippen molar-refractivity contribution in [2.75, 3.05) is 9.80 Å². The molecule has 4 nitrogen and oxygen atoms in total. The quantitative estimate of drug-likeness (QED) is 0.111. The first-order valence-corrected chi connectivity index (χ1v) is 18.2. The van der Waals surface area contributed by atoms with E-state index in [1.807, 2.05) is 12.2 Å². The Morgan fingerprint density at radius 2 is 1.17 bits per heavy atom. The summed E-state index contributed by atoms with van der Waals surface area (Å²) in [6.45, 7) is 12.7. The summed E-state index contributed by atoms with van der Waals surface area (Å²) in [5.41, 5.74) is 15.2. The number of benzene rings is 5. The van der Waals surface area contributed by atoms with Gasteiger partial charge in [-0.1, -0.05) is 98.1 Å². The third-order valence-corrected chi connectivity index (χ3v) is 10.6. The number of nitrogens with zero attached hydrogens (tertiary/aromatic N) is 4. The second kappa shape index (κ2) is 13.1. The Labute approximate surface area is 311 Å². The van der Waals surface area contributed by atoms with Crippen LogP contribution in [0.25, 0.3) is 33.2 Å². The number of fused-ring (bicyclic) bond motifs is 3. The zero-order valence-corrected chi connectivity index (χ0v) is 30.0. The van der Waals surface area contributed by atoms with Crippen molar-refractivity contribution in [2.45, 2.75) is 13.8 Å². The Hall–Kier alpha value is -6.72. The number of rotatable bonds is 9. The van der Waals surface area contributed by atoms with E-state index in [1.165, 1.54) is 43.9 Å². The average molecular weight is 683 g/mol. The number of para-hydroxylation sites is 3. The lowest BCUT2D eigenvalue weighted by Gasteiger charge is -2.36. The fraction of sp³-hybridized carbons (Fsp3) is 0.0417. The second-order valence-electron chi connectivity index (χ2n) is 13.4. The maximum absolute atomic E-state index is 4.40. The van der Waals surface area contributed by atoms with Gasteiger partial charge >= 0.3 is 0 Å². The molecule has 0 atom stereocenters. The molecule has 0 N–H and O–H groups in total. The molecule has 0 saturated heterocycles. The van der Waals surface area contributed by atoms with E-state index in [0.717, 1.165) is 39.8 Å². The van der Waals surface area contributed by atoms with Crippen LogP contribution in [0.1, 0.15) is 13.8 Å². The van der Waals surface area contributed by atoms with E-state index in [0.29, 0.717) is 0 Å². The molecule has 254 valence electrons. The number of anilines is 5. The largest absolute Gasteiger partial charge is 0.318 e. The van der Waals surface area contributed by atoms with Gasteiger partial charge in [0.1, 0.15) is 0 Å². The molecular weight excluding hydrogens is 643 g/mol. The normalized spacial score (nSPS) is 14.3. The van der Waals surface area contributed by atoms with Gasteiger partial charge in [-0.2, -0.15) is 0 Å². The Kier molecular flexibility index (Phi) is 7.97. The van der Waals surface area contributed by atoms with Gasteiger partial charge in [0.2, 0.25) is 0 Å². The zero-order valence-electron chi connectivity index (χ0n) is 30.0. The number of hydrogen-bond donors (Lipinski definition) is 0. The molecule has 5 aromatic carbocycles. The molecule has 7 aromatic rings. The van der Waals surface area contributed by atoms with Crippen LogP contribution in [0.5, 0.6) is 0 Å². The monoisotopic (exact) mass is 682 g/mol. The van der Waals surface area contributed by atoms with Gasteiger partial charge in [-0.05, 0) is 109 Å². The molecule has 2 aromatic heterocycles. The summed E-state index contributed by atoms with van der Waals surface area (Å²) in [6.07, 6.45) is 16.9. The molecule has 53 heavy (non-hydrogen) atoms. The fourth-order valence-electron chi connectivity index (χ4n) is 8.55. The van der Waals surface area contributed by atoms with Crippen LogP contribution in [0.3, 0.4) is 0 Å². The van der Waals surface area contributed by atoms with Crippen LogP contribution in [0.4, 0.5) is 28.4 Å². The third-order valence-electron chi connectivity index (χ3n) is 10.6. The highest BCUT2D eigenvalue weighted by Crippen LogP contribution is 2.45. The zero-order chi connectivity index (χ0) is 36.1. The molecule has 0 radical (unpaired) electrons. The lowest BCUT2D eigenvalue weighted by Crippen LogP contribution is -2.51. The molecule has 0 spiro atoms. The topological polar surface area (TPSA) is 16.3 Å². The maximum atomic E-state index is 4.40. The predicted molar refractivity (Wildman–Crippen MR) is 229 cm³/mol. The van der Waals surface area contributed by atoms with Crippen LogP contribution in [0, 0.1) is 0 Å². The minimum Gasteiger partial charge on any atom is -0.318 e. The molecule has 0 unspecified atom stereocenters. The highest BCUT2D eigenvalue weighted by Gasteiger charge is 2.41. The van der Waals surface area contributed by atoms with Gasteiger partial charge in [0.05, 0.1) is 22.4 Å². The van der Waals surface area contributed by atoms with E-state index in [4.69, 9.17) is 0 Å². The number of hydrogen-bond acceptors (Lipinski definition) is 2. The van der Waals surface area contributed by atoms with Crippen LogP contribution in [0.15, 0.2) is 201 Å². The third kappa shape index (κ3) is 4.92. The summed E-state index contributed by atoms with van der Waals surface area (Å²) in [5.74, 6) is 0. The summed E-state index contributed by atoms with van der Waals surface area (Å²) in [7, 11) is 0. The van der Waals surface area contributed by atoms with E-state index >= 15 is 0 Å². The van der Waals surface area contributed by atoms with Crippen molar-refractivity contribution in [1.29, 1.82) is 0 Å². The Balaban J connectivity index is 1.30. The van der Waals surface area contributed by atoms with Gasteiger partial charge in [0.15, 0.2) is 0 Å². The summed E-state index contributed by atoms with van der Waals surface area (Å²) in [6, 6.07) is 45.8. The minimum atomic E-state index is 0.0119. The van der Waals surface area contributed by atoms with Gasteiger partial charge in [0, 0.05) is 57.3 Å². The van der Waals surface area contributed by atoms with Crippen LogP contribution < -0.4 is 20.7 Å². The van der Waals surface area contributed by atoms with E-state index in [2.05, 4.69) is 210 Å². The molecule has 0 aliphatic carbocycles. The lowest BCUT2D eigenvalue weighted by atomic mass is 9.33. The maximum Gasteiger partial charge on any atom is 0.252 e. The fourth-order valence-corrected chi connectivity index (χ4v) is 8.55. The van der Waals surface area contributed by atoms with Crippen LogP contribution in [-0.2, 0) is 0 Å². The van der Waals surface area contributed by atoms with Crippen molar-refractivity contribution in [1.82, 2.24) is 9.13 Å². The Morgan fingerprint density at radius 1 is 0.623 bits per heavy atom. The summed E-state index contributed by atoms with van der Waals surface area (Å²) in [4.78, 5) is 4.70. The summed E-state index contributed by atoms with van der Waals surface area (Å²) in [5, 5.41) is 2.39. The first-order chi connectivity index (χ1) is 26.2. The van der Waals surface area contributed by atoms with Crippen molar-refractivity contribution in [3.05, 3.63) is 201 Å². The first kappa shape index (κ1) is 32.2. The Morgan fingerprint density at radius 3 is 1.74 bits per heavy atom. The summed E-state index contributed by atoms with van der Waals surface area (Å²) >= 11 is 0. The van der Waals surface area contributed by atoms with Crippen molar-refractivity contribution >= 4 is 79.3 Å². The molecule has 0 saturated carbocycles.